The number of carbonyl (C=O) groups is 1. The summed E-state index contributed by atoms with van der Waals surface area (Å²) >= 11 is 0. The number of hydrogen-bond donors (Lipinski definition) is 0. The first-order valence-electron chi connectivity index (χ1n) is 7.50. The van der Waals surface area contributed by atoms with Crippen molar-refractivity contribution in [2.45, 2.75) is 65.0 Å². The zero-order chi connectivity index (χ0) is 13.8. The Morgan fingerprint density at radius 3 is 2.37 bits per heavy atom. The molecule has 1 amide bonds. The van der Waals surface area contributed by atoms with Crippen molar-refractivity contribution < 1.29 is 4.79 Å². The van der Waals surface area contributed by atoms with Gasteiger partial charge in [0.15, 0.2) is 0 Å². The Morgan fingerprint density at radius 2 is 1.89 bits per heavy atom. The first kappa shape index (κ1) is 14.1. The number of hydrogen-bond acceptors (Lipinski definition) is 1. The van der Waals surface area contributed by atoms with E-state index in [1.165, 1.54) is 24.0 Å². The summed E-state index contributed by atoms with van der Waals surface area (Å²) < 4.78 is 0. The van der Waals surface area contributed by atoms with Crippen LogP contribution in [0.3, 0.4) is 0 Å². The highest BCUT2D eigenvalue weighted by Gasteiger charge is 2.31. The van der Waals surface area contributed by atoms with Gasteiger partial charge >= 0.3 is 0 Å². The van der Waals surface area contributed by atoms with Gasteiger partial charge < -0.3 is 4.90 Å². The van der Waals surface area contributed by atoms with E-state index in [0.717, 1.165) is 13.0 Å². The first-order valence-corrected chi connectivity index (χ1v) is 7.50. The van der Waals surface area contributed by atoms with Crippen LogP contribution in [-0.2, 0) is 11.3 Å². The highest BCUT2D eigenvalue weighted by molar-refractivity contribution is 5.76. The number of amides is 1. The third-order valence-electron chi connectivity index (χ3n) is 3.77. The molecule has 1 aromatic rings. The molecule has 1 aromatic carbocycles. The maximum atomic E-state index is 12.1. The number of benzene rings is 1. The van der Waals surface area contributed by atoms with Gasteiger partial charge in [0.1, 0.15) is 0 Å². The molecular formula is C17H25NO. The Labute approximate surface area is 116 Å². The van der Waals surface area contributed by atoms with Crippen molar-refractivity contribution in [3.05, 3.63) is 35.4 Å². The van der Waals surface area contributed by atoms with E-state index in [1.54, 1.807) is 0 Å². The zero-order valence-corrected chi connectivity index (χ0v) is 12.4. The second-order valence-corrected chi connectivity index (χ2v) is 5.90. The maximum absolute atomic E-state index is 12.1. The van der Waals surface area contributed by atoms with Gasteiger partial charge in [0, 0.05) is 19.0 Å². The van der Waals surface area contributed by atoms with Gasteiger partial charge in [0.05, 0.1) is 0 Å². The molecular weight excluding hydrogens is 234 g/mol. The fourth-order valence-corrected chi connectivity index (χ4v) is 2.37. The van der Waals surface area contributed by atoms with Crippen LogP contribution in [0.5, 0.6) is 0 Å². The minimum atomic E-state index is 0.318. The van der Waals surface area contributed by atoms with Gasteiger partial charge in [-0.25, -0.2) is 0 Å². The standard InChI is InChI=1S/C17H25NO/c1-4-5-17(19)18(16-10-11-16)12-14-6-8-15(9-7-14)13(2)3/h6-9,13,16H,4-5,10-12H2,1-3H3. The largest absolute Gasteiger partial charge is 0.335 e. The highest BCUT2D eigenvalue weighted by Crippen LogP contribution is 2.29. The van der Waals surface area contributed by atoms with E-state index >= 15 is 0 Å². The fraction of sp³-hybridized carbons (Fsp3) is 0.588. The molecule has 0 radical (unpaired) electrons. The maximum Gasteiger partial charge on any atom is 0.223 e. The number of carbonyl (C=O) groups excluding carboxylic acids is 1. The molecule has 0 heterocycles. The number of rotatable bonds is 6. The monoisotopic (exact) mass is 259 g/mol. The van der Waals surface area contributed by atoms with E-state index < -0.39 is 0 Å². The Kier molecular flexibility index (Phi) is 4.62. The van der Waals surface area contributed by atoms with Gasteiger partial charge in [-0.2, -0.15) is 0 Å². The fourth-order valence-electron chi connectivity index (χ4n) is 2.37. The van der Waals surface area contributed by atoms with Crippen molar-refractivity contribution in [2.24, 2.45) is 0 Å². The molecule has 0 aliphatic heterocycles. The van der Waals surface area contributed by atoms with E-state index in [0.29, 0.717) is 24.3 Å². The zero-order valence-electron chi connectivity index (χ0n) is 12.4. The van der Waals surface area contributed by atoms with Crippen LogP contribution in [0.25, 0.3) is 0 Å². The molecule has 0 spiro atoms. The van der Waals surface area contributed by atoms with Crippen LogP contribution in [0.4, 0.5) is 0 Å². The molecule has 0 unspecified atom stereocenters. The first-order chi connectivity index (χ1) is 9.11. The van der Waals surface area contributed by atoms with E-state index in [-0.39, 0.29) is 0 Å². The molecule has 0 atom stereocenters. The average molecular weight is 259 g/mol. The summed E-state index contributed by atoms with van der Waals surface area (Å²) in [6.07, 6.45) is 3.98. The second-order valence-electron chi connectivity index (χ2n) is 5.90. The summed E-state index contributed by atoms with van der Waals surface area (Å²) in [7, 11) is 0. The van der Waals surface area contributed by atoms with E-state index in [4.69, 9.17) is 0 Å². The minimum Gasteiger partial charge on any atom is -0.335 e. The van der Waals surface area contributed by atoms with Crippen LogP contribution in [-0.4, -0.2) is 16.8 Å². The molecule has 2 rings (SSSR count). The SMILES string of the molecule is CCCC(=O)N(Cc1ccc(C(C)C)cc1)C1CC1. The van der Waals surface area contributed by atoms with Crippen molar-refractivity contribution in [3.63, 3.8) is 0 Å². The predicted octanol–water partition coefficient (Wildman–Crippen LogP) is 4.10. The molecule has 0 aromatic heterocycles. The van der Waals surface area contributed by atoms with E-state index in [1.807, 2.05) is 0 Å². The smallest absolute Gasteiger partial charge is 0.223 e. The lowest BCUT2D eigenvalue weighted by Gasteiger charge is -2.22. The van der Waals surface area contributed by atoms with Gasteiger partial charge in [0.25, 0.3) is 0 Å². The molecule has 1 saturated carbocycles. The minimum absolute atomic E-state index is 0.318. The van der Waals surface area contributed by atoms with Crippen LogP contribution < -0.4 is 0 Å². The molecule has 1 aliphatic rings. The van der Waals surface area contributed by atoms with Crippen molar-refractivity contribution in [1.29, 1.82) is 0 Å². The van der Waals surface area contributed by atoms with Crippen molar-refractivity contribution in [1.82, 2.24) is 4.90 Å². The summed E-state index contributed by atoms with van der Waals surface area (Å²) in [5.41, 5.74) is 2.61. The van der Waals surface area contributed by atoms with Gasteiger partial charge in [-0.05, 0) is 36.3 Å². The van der Waals surface area contributed by atoms with Crippen molar-refractivity contribution >= 4 is 5.91 Å². The third kappa shape index (κ3) is 3.82. The van der Waals surface area contributed by atoms with Gasteiger partial charge in [-0.15, -0.1) is 0 Å². The Balaban J connectivity index is 2.02. The second kappa shape index (κ2) is 6.23. The summed E-state index contributed by atoms with van der Waals surface area (Å²) in [4.78, 5) is 14.2. The third-order valence-corrected chi connectivity index (χ3v) is 3.77. The molecule has 1 fully saturated rings. The van der Waals surface area contributed by atoms with Crippen LogP contribution in [0.2, 0.25) is 0 Å². The molecule has 2 heteroatoms. The Hall–Kier alpha value is -1.31. The molecule has 2 nitrogen and oxygen atoms in total. The summed E-state index contributed by atoms with van der Waals surface area (Å²) in [6, 6.07) is 9.22. The average Bonchev–Trinajstić information content (AvgIpc) is 3.21. The highest BCUT2D eigenvalue weighted by atomic mass is 16.2. The van der Waals surface area contributed by atoms with Crippen molar-refractivity contribution in [3.8, 4) is 0 Å². The van der Waals surface area contributed by atoms with Gasteiger partial charge in [-0.3, -0.25) is 4.79 Å². The lowest BCUT2D eigenvalue weighted by molar-refractivity contribution is -0.132. The van der Waals surface area contributed by atoms with Crippen LogP contribution >= 0.6 is 0 Å². The summed E-state index contributed by atoms with van der Waals surface area (Å²) in [5, 5.41) is 0. The molecule has 0 N–H and O–H groups in total. The van der Waals surface area contributed by atoms with E-state index in [9.17, 15) is 4.79 Å². The quantitative estimate of drug-likeness (QED) is 0.753. The van der Waals surface area contributed by atoms with Gasteiger partial charge in [0.2, 0.25) is 5.91 Å². The van der Waals surface area contributed by atoms with Crippen LogP contribution in [0, 0.1) is 0 Å². The normalized spacial score (nSPS) is 14.7. The molecule has 104 valence electrons. The predicted molar refractivity (Wildman–Crippen MR) is 79.0 cm³/mol. The van der Waals surface area contributed by atoms with Crippen LogP contribution in [0.1, 0.15) is 63.5 Å². The molecule has 0 bridgehead atoms. The van der Waals surface area contributed by atoms with Crippen LogP contribution in [0.15, 0.2) is 24.3 Å². The molecule has 0 saturated heterocycles. The Bertz CT molecular complexity index is 417. The summed E-state index contributed by atoms with van der Waals surface area (Å²) in [6.45, 7) is 7.26. The molecule has 1 aliphatic carbocycles. The topological polar surface area (TPSA) is 20.3 Å². The lowest BCUT2D eigenvalue weighted by atomic mass is 10.0. The lowest BCUT2D eigenvalue weighted by Crippen LogP contribution is -2.32. The van der Waals surface area contributed by atoms with Crippen molar-refractivity contribution in [2.75, 3.05) is 0 Å². The summed E-state index contributed by atoms with van der Waals surface area (Å²) in [5.74, 6) is 0.883. The molecule has 19 heavy (non-hydrogen) atoms. The number of nitrogens with zero attached hydrogens (tertiary/aromatic N) is 1. The van der Waals surface area contributed by atoms with Gasteiger partial charge in [-0.1, -0.05) is 45.0 Å². The Morgan fingerprint density at radius 1 is 1.26 bits per heavy atom. The van der Waals surface area contributed by atoms with E-state index in [2.05, 4.69) is 49.9 Å².